The Bertz CT molecular complexity index is 753. The molecule has 3 aliphatic carbocycles. The van der Waals surface area contributed by atoms with Crippen LogP contribution in [-0.2, 0) is 11.2 Å². The number of carbonyl (C=O) groups excluding carboxylic acids is 2. The van der Waals surface area contributed by atoms with E-state index in [0.29, 0.717) is 18.0 Å². The van der Waals surface area contributed by atoms with Gasteiger partial charge in [0.2, 0.25) is 5.91 Å². The molecule has 1 aromatic rings. The van der Waals surface area contributed by atoms with E-state index in [9.17, 15) is 9.59 Å². The molecule has 3 aliphatic rings. The van der Waals surface area contributed by atoms with E-state index in [1.807, 2.05) is 0 Å². The van der Waals surface area contributed by atoms with E-state index in [-0.39, 0.29) is 17.6 Å². The van der Waals surface area contributed by atoms with E-state index in [1.165, 1.54) is 69.8 Å². The molecule has 4 rings (SSSR count). The summed E-state index contributed by atoms with van der Waals surface area (Å²) in [7, 11) is 0. The van der Waals surface area contributed by atoms with E-state index in [0.717, 1.165) is 56.2 Å². The first-order chi connectivity index (χ1) is 15.2. The van der Waals surface area contributed by atoms with Gasteiger partial charge in [-0.3, -0.25) is 14.6 Å². The van der Waals surface area contributed by atoms with Crippen LogP contribution in [0.2, 0.25) is 0 Å². The fourth-order valence-electron chi connectivity index (χ4n) is 6.03. The zero-order valence-corrected chi connectivity index (χ0v) is 19.2. The normalized spacial score (nSPS) is 22.4. The van der Waals surface area contributed by atoms with Crippen LogP contribution in [0.3, 0.4) is 0 Å². The number of hydrogen-bond donors (Lipinski definition) is 1. The summed E-state index contributed by atoms with van der Waals surface area (Å²) in [6.07, 6.45) is 22.7. The molecule has 0 atom stereocenters. The summed E-state index contributed by atoms with van der Waals surface area (Å²) in [6, 6.07) is 0. The number of anilines is 1. The van der Waals surface area contributed by atoms with E-state index in [4.69, 9.17) is 0 Å². The number of rotatable bonds is 3. The minimum atomic E-state index is 0.112. The van der Waals surface area contributed by atoms with Crippen LogP contribution in [0.4, 0.5) is 5.69 Å². The maximum Gasteiger partial charge on any atom is 0.227 e. The third kappa shape index (κ3) is 5.75. The lowest BCUT2D eigenvalue weighted by atomic mass is 9.85. The molecule has 0 aromatic carbocycles. The largest absolute Gasteiger partial charge is 0.324 e. The molecule has 4 nitrogen and oxygen atoms in total. The lowest BCUT2D eigenvalue weighted by Gasteiger charge is -2.24. The molecular formula is C27H40N2O2. The highest BCUT2D eigenvalue weighted by Crippen LogP contribution is 2.40. The lowest BCUT2D eigenvalue weighted by Crippen LogP contribution is -2.24. The molecule has 0 radical (unpaired) electrons. The summed E-state index contributed by atoms with van der Waals surface area (Å²) < 4.78 is 0. The Kier molecular flexibility index (Phi) is 8.15. The van der Waals surface area contributed by atoms with Gasteiger partial charge in [0.05, 0.1) is 11.9 Å². The number of Topliss-reactive ketones (excluding diaryl/α,β-unsaturated/α-hetero) is 1. The van der Waals surface area contributed by atoms with E-state index in [1.54, 1.807) is 6.20 Å². The molecule has 1 amide bonds. The molecule has 31 heavy (non-hydrogen) atoms. The summed E-state index contributed by atoms with van der Waals surface area (Å²) >= 11 is 0. The van der Waals surface area contributed by atoms with Gasteiger partial charge in [-0.05, 0) is 49.1 Å². The maximum absolute atomic E-state index is 13.3. The van der Waals surface area contributed by atoms with Crippen molar-refractivity contribution in [1.29, 1.82) is 0 Å². The zero-order chi connectivity index (χ0) is 21.5. The van der Waals surface area contributed by atoms with Crippen LogP contribution in [0.25, 0.3) is 0 Å². The van der Waals surface area contributed by atoms with Crippen molar-refractivity contribution in [3.63, 3.8) is 0 Å². The summed E-state index contributed by atoms with van der Waals surface area (Å²) in [4.78, 5) is 30.3. The molecule has 2 fully saturated rings. The molecule has 1 N–H and O–H groups in total. The van der Waals surface area contributed by atoms with Crippen molar-refractivity contribution in [2.45, 2.75) is 121 Å². The van der Waals surface area contributed by atoms with Crippen molar-refractivity contribution in [3.05, 3.63) is 23.0 Å². The molecule has 170 valence electrons. The summed E-state index contributed by atoms with van der Waals surface area (Å²) in [5.74, 6) is 0.906. The summed E-state index contributed by atoms with van der Waals surface area (Å²) in [6.45, 7) is 0. The van der Waals surface area contributed by atoms with Crippen LogP contribution in [0.5, 0.6) is 0 Å². The van der Waals surface area contributed by atoms with Crippen molar-refractivity contribution in [2.75, 3.05) is 5.32 Å². The number of amides is 1. The van der Waals surface area contributed by atoms with Gasteiger partial charge in [0.25, 0.3) is 0 Å². The van der Waals surface area contributed by atoms with E-state index in [2.05, 4.69) is 10.3 Å². The van der Waals surface area contributed by atoms with Gasteiger partial charge in [-0.2, -0.15) is 0 Å². The van der Waals surface area contributed by atoms with Crippen LogP contribution in [0, 0.1) is 5.92 Å². The first kappa shape index (κ1) is 22.5. The molecule has 0 spiro atoms. The zero-order valence-electron chi connectivity index (χ0n) is 19.2. The molecule has 1 heterocycles. The van der Waals surface area contributed by atoms with Crippen molar-refractivity contribution in [2.24, 2.45) is 5.92 Å². The maximum atomic E-state index is 13.3. The predicted octanol–water partition coefficient (Wildman–Crippen LogP) is 7.12. The standard InChI is InChI=1S/C27H40N2O2/c30-24-18-17-22-25(20-13-9-5-1-2-6-10-14-20)23(19-28-26(22)24)29-27(31)21-15-11-7-3-4-8-12-16-21/h19-21H,1-18H2,(H,29,31). The number of fused-ring (bicyclic) bond motifs is 1. The van der Waals surface area contributed by atoms with Crippen molar-refractivity contribution in [1.82, 2.24) is 4.98 Å². The summed E-state index contributed by atoms with van der Waals surface area (Å²) in [5.41, 5.74) is 3.98. The Morgan fingerprint density at radius 3 is 1.94 bits per heavy atom. The number of pyridine rings is 1. The second kappa shape index (κ2) is 11.2. The molecule has 0 aliphatic heterocycles. The molecule has 0 saturated heterocycles. The monoisotopic (exact) mass is 424 g/mol. The number of aromatic nitrogens is 1. The lowest BCUT2D eigenvalue weighted by molar-refractivity contribution is -0.120. The Hall–Kier alpha value is -1.71. The van der Waals surface area contributed by atoms with Gasteiger partial charge in [0.1, 0.15) is 5.69 Å². The van der Waals surface area contributed by atoms with Crippen molar-refractivity contribution in [3.8, 4) is 0 Å². The van der Waals surface area contributed by atoms with Crippen LogP contribution in [-0.4, -0.2) is 16.7 Å². The minimum absolute atomic E-state index is 0.112. The highest BCUT2D eigenvalue weighted by Gasteiger charge is 2.30. The predicted molar refractivity (Wildman–Crippen MR) is 126 cm³/mol. The smallest absolute Gasteiger partial charge is 0.227 e. The van der Waals surface area contributed by atoms with Gasteiger partial charge in [-0.25, -0.2) is 0 Å². The summed E-state index contributed by atoms with van der Waals surface area (Å²) in [5, 5.41) is 3.33. The van der Waals surface area contributed by atoms with Gasteiger partial charge < -0.3 is 5.32 Å². The Morgan fingerprint density at radius 1 is 0.774 bits per heavy atom. The quantitative estimate of drug-likeness (QED) is 0.562. The number of hydrogen-bond acceptors (Lipinski definition) is 3. The average molecular weight is 425 g/mol. The van der Waals surface area contributed by atoms with E-state index < -0.39 is 0 Å². The Balaban J connectivity index is 1.59. The highest BCUT2D eigenvalue weighted by atomic mass is 16.2. The third-order valence-electron chi connectivity index (χ3n) is 7.84. The Labute approximate surface area is 188 Å². The molecular weight excluding hydrogens is 384 g/mol. The van der Waals surface area contributed by atoms with Crippen LogP contribution in [0.15, 0.2) is 6.20 Å². The molecule has 4 heteroatoms. The second-order valence-corrected chi connectivity index (χ2v) is 10.1. The van der Waals surface area contributed by atoms with Crippen molar-refractivity contribution >= 4 is 17.4 Å². The molecule has 0 unspecified atom stereocenters. The SMILES string of the molecule is O=C1CCc2c1ncc(NC(=O)C1CCCCCCCC1)c2C1CCCCCCCC1. The molecule has 0 bridgehead atoms. The number of carbonyl (C=O) groups is 2. The number of ketones is 1. The second-order valence-electron chi connectivity index (χ2n) is 10.1. The fraction of sp³-hybridized carbons (Fsp3) is 0.741. The fourth-order valence-corrected chi connectivity index (χ4v) is 6.03. The van der Waals surface area contributed by atoms with Crippen LogP contribution in [0.1, 0.15) is 137 Å². The van der Waals surface area contributed by atoms with Gasteiger partial charge in [0.15, 0.2) is 5.78 Å². The number of nitrogens with zero attached hydrogens (tertiary/aromatic N) is 1. The topological polar surface area (TPSA) is 59.1 Å². The van der Waals surface area contributed by atoms with Gasteiger partial charge in [0, 0.05) is 12.3 Å². The third-order valence-corrected chi connectivity index (χ3v) is 7.84. The van der Waals surface area contributed by atoms with Gasteiger partial charge in [-0.15, -0.1) is 0 Å². The van der Waals surface area contributed by atoms with Gasteiger partial charge in [-0.1, -0.05) is 77.0 Å². The first-order valence-corrected chi connectivity index (χ1v) is 13.1. The minimum Gasteiger partial charge on any atom is -0.324 e. The molecule has 1 aromatic heterocycles. The van der Waals surface area contributed by atoms with Gasteiger partial charge >= 0.3 is 0 Å². The van der Waals surface area contributed by atoms with Crippen molar-refractivity contribution < 1.29 is 9.59 Å². The van der Waals surface area contributed by atoms with E-state index >= 15 is 0 Å². The van der Waals surface area contributed by atoms with Crippen LogP contribution >= 0.6 is 0 Å². The van der Waals surface area contributed by atoms with Crippen LogP contribution < -0.4 is 5.32 Å². The Morgan fingerprint density at radius 2 is 1.32 bits per heavy atom. The number of nitrogens with one attached hydrogen (secondary N) is 1. The first-order valence-electron chi connectivity index (χ1n) is 13.1. The molecule has 2 saturated carbocycles. The highest BCUT2D eigenvalue weighted by molar-refractivity contribution is 6.00. The average Bonchev–Trinajstić information content (AvgIpc) is 3.25.